The largest absolute Gasteiger partial charge is 0.454 e. The van der Waals surface area contributed by atoms with Crippen molar-refractivity contribution in [3.63, 3.8) is 0 Å². The van der Waals surface area contributed by atoms with Gasteiger partial charge in [-0.15, -0.1) is 0 Å². The number of likely N-dealkylation sites (N-methyl/N-ethyl adjacent to an activating group) is 1. The zero-order valence-corrected chi connectivity index (χ0v) is 15.3. The van der Waals surface area contributed by atoms with Crippen LogP contribution >= 0.6 is 0 Å². The second kappa shape index (κ2) is 7.71. The highest BCUT2D eigenvalue weighted by atomic mass is 16.7. The molecule has 27 heavy (non-hydrogen) atoms. The molecule has 2 N–H and O–H groups in total. The summed E-state index contributed by atoms with van der Waals surface area (Å²) in [5.41, 5.74) is 1.61. The van der Waals surface area contributed by atoms with Crippen LogP contribution in [0, 0.1) is 0 Å². The molecule has 2 aromatic rings. The minimum Gasteiger partial charge on any atom is -0.454 e. The normalized spacial score (nSPS) is 16.3. The number of aromatic nitrogens is 1. The van der Waals surface area contributed by atoms with Gasteiger partial charge in [-0.2, -0.15) is 0 Å². The molecule has 0 unspecified atom stereocenters. The molecule has 1 aromatic carbocycles. The van der Waals surface area contributed by atoms with E-state index >= 15 is 0 Å². The number of nitrogens with zero attached hydrogens (tertiary/aromatic N) is 3. The average Bonchev–Trinajstić information content (AvgIpc) is 3.15. The number of fused-ring (bicyclic) bond motifs is 1. The fourth-order valence-corrected chi connectivity index (χ4v) is 3.08. The van der Waals surface area contributed by atoms with Crippen molar-refractivity contribution >= 4 is 17.5 Å². The molecule has 0 saturated carbocycles. The molecule has 2 aliphatic heterocycles. The van der Waals surface area contributed by atoms with Crippen molar-refractivity contribution in [3.05, 3.63) is 42.1 Å². The van der Waals surface area contributed by atoms with Gasteiger partial charge in [-0.1, -0.05) is 6.07 Å². The Hall–Kier alpha value is -3.00. The van der Waals surface area contributed by atoms with E-state index in [0.717, 1.165) is 37.6 Å². The monoisotopic (exact) mass is 369 g/mol. The van der Waals surface area contributed by atoms with E-state index in [2.05, 4.69) is 32.5 Å². The fraction of sp³-hybridized carbons (Fsp3) is 0.368. The van der Waals surface area contributed by atoms with Crippen LogP contribution in [0.4, 0.5) is 16.3 Å². The molecule has 2 aliphatic rings. The molecule has 8 nitrogen and oxygen atoms in total. The van der Waals surface area contributed by atoms with E-state index in [1.165, 1.54) is 0 Å². The van der Waals surface area contributed by atoms with Gasteiger partial charge >= 0.3 is 6.03 Å². The van der Waals surface area contributed by atoms with Gasteiger partial charge in [0.05, 0.1) is 0 Å². The second-order valence-electron chi connectivity index (χ2n) is 6.69. The number of nitrogens with one attached hydrogen (secondary N) is 2. The zero-order valence-electron chi connectivity index (χ0n) is 15.3. The smallest absolute Gasteiger partial charge is 0.319 e. The molecule has 1 fully saturated rings. The summed E-state index contributed by atoms with van der Waals surface area (Å²) < 4.78 is 10.6. The van der Waals surface area contributed by atoms with Crippen molar-refractivity contribution in [3.8, 4) is 11.5 Å². The Bertz CT molecular complexity index is 803. The lowest BCUT2D eigenvalue weighted by atomic mass is 10.2. The molecule has 1 saturated heterocycles. The Kier molecular flexibility index (Phi) is 4.97. The highest BCUT2D eigenvalue weighted by Gasteiger charge is 2.16. The summed E-state index contributed by atoms with van der Waals surface area (Å²) in [6.07, 6.45) is 1.81. The molecule has 0 bridgehead atoms. The van der Waals surface area contributed by atoms with E-state index in [4.69, 9.17) is 9.47 Å². The van der Waals surface area contributed by atoms with E-state index in [9.17, 15) is 4.79 Å². The maximum Gasteiger partial charge on any atom is 0.319 e. The quantitative estimate of drug-likeness (QED) is 0.857. The molecule has 4 rings (SSSR count). The van der Waals surface area contributed by atoms with Crippen LogP contribution in [0.25, 0.3) is 0 Å². The third-order valence-electron chi connectivity index (χ3n) is 4.72. The third-order valence-corrected chi connectivity index (χ3v) is 4.72. The standard InChI is InChI=1S/C19H23N5O3/c1-23-6-8-24(9-7-23)18-5-2-14(11-20-18)12-21-19(25)22-15-3-4-16-17(10-15)27-13-26-16/h2-5,10-11H,6-9,12-13H2,1H3,(H2,21,22,25). The Morgan fingerprint density at radius 3 is 2.70 bits per heavy atom. The molecule has 3 heterocycles. The summed E-state index contributed by atoms with van der Waals surface area (Å²) in [7, 11) is 2.13. The lowest BCUT2D eigenvalue weighted by Crippen LogP contribution is -2.44. The van der Waals surface area contributed by atoms with Crippen LogP contribution in [-0.2, 0) is 6.54 Å². The maximum atomic E-state index is 12.1. The Morgan fingerprint density at radius 1 is 1.11 bits per heavy atom. The lowest BCUT2D eigenvalue weighted by Gasteiger charge is -2.33. The highest BCUT2D eigenvalue weighted by molar-refractivity contribution is 5.89. The van der Waals surface area contributed by atoms with Crippen LogP contribution in [0.5, 0.6) is 11.5 Å². The van der Waals surface area contributed by atoms with Gasteiger partial charge < -0.3 is 29.9 Å². The van der Waals surface area contributed by atoms with E-state index in [1.807, 2.05) is 18.3 Å². The molecule has 0 radical (unpaired) electrons. The van der Waals surface area contributed by atoms with Gasteiger partial charge in [0, 0.05) is 50.7 Å². The Labute approximate surface area is 158 Å². The average molecular weight is 369 g/mol. The number of hydrogen-bond acceptors (Lipinski definition) is 6. The van der Waals surface area contributed by atoms with Crippen LogP contribution in [0.15, 0.2) is 36.5 Å². The zero-order chi connectivity index (χ0) is 18.6. The first-order valence-corrected chi connectivity index (χ1v) is 9.00. The number of carbonyl (C=O) groups is 1. The van der Waals surface area contributed by atoms with Gasteiger partial charge in [0.1, 0.15) is 5.82 Å². The number of pyridine rings is 1. The number of amides is 2. The summed E-state index contributed by atoms with van der Waals surface area (Å²) in [6.45, 7) is 4.68. The molecule has 0 atom stereocenters. The number of rotatable bonds is 4. The molecule has 142 valence electrons. The van der Waals surface area contributed by atoms with Crippen molar-refractivity contribution in [2.75, 3.05) is 50.2 Å². The molecular weight excluding hydrogens is 346 g/mol. The molecule has 0 spiro atoms. The van der Waals surface area contributed by atoms with E-state index in [0.29, 0.717) is 23.7 Å². The minimum absolute atomic E-state index is 0.210. The molecule has 2 amide bonds. The summed E-state index contributed by atoms with van der Waals surface area (Å²) in [5, 5.41) is 5.63. The van der Waals surface area contributed by atoms with Gasteiger partial charge in [-0.05, 0) is 30.8 Å². The first-order valence-electron chi connectivity index (χ1n) is 9.00. The van der Waals surface area contributed by atoms with E-state index in [1.54, 1.807) is 18.2 Å². The van der Waals surface area contributed by atoms with Crippen LogP contribution in [0.1, 0.15) is 5.56 Å². The maximum absolute atomic E-state index is 12.1. The van der Waals surface area contributed by atoms with Gasteiger partial charge in [-0.25, -0.2) is 9.78 Å². The molecule has 1 aromatic heterocycles. The van der Waals surface area contributed by atoms with Crippen molar-refractivity contribution in [1.82, 2.24) is 15.2 Å². The topological polar surface area (TPSA) is 79.0 Å². The third kappa shape index (κ3) is 4.22. The van der Waals surface area contributed by atoms with Crippen LogP contribution in [0.3, 0.4) is 0 Å². The van der Waals surface area contributed by atoms with Gasteiger partial charge in [0.15, 0.2) is 11.5 Å². The number of piperazine rings is 1. The molecule has 8 heteroatoms. The van der Waals surface area contributed by atoms with Crippen molar-refractivity contribution in [1.29, 1.82) is 0 Å². The van der Waals surface area contributed by atoms with E-state index in [-0.39, 0.29) is 12.8 Å². The van der Waals surface area contributed by atoms with Crippen molar-refractivity contribution < 1.29 is 14.3 Å². The van der Waals surface area contributed by atoms with Crippen LogP contribution < -0.4 is 25.0 Å². The predicted octanol–water partition coefficient (Wildman–Crippen LogP) is 1.88. The molecule has 0 aliphatic carbocycles. The SMILES string of the molecule is CN1CCN(c2ccc(CNC(=O)Nc3ccc4c(c3)OCO4)cn2)CC1. The summed E-state index contributed by atoms with van der Waals surface area (Å²) in [6, 6.07) is 9.03. The second-order valence-corrected chi connectivity index (χ2v) is 6.69. The Balaban J connectivity index is 1.27. The number of hydrogen-bond donors (Lipinski definition) is 2. The number of anilines is 2. The summed E-state index contributed by atoms with van der Waals surface area (Å²) in [5.74, 6) is 2.31. The van der Waals surface area contributed by atoms with Gasteiger partial charge in [0.25, 0.3) is 0 Å². The van der Waals surface area contributed by atoms with Crippen molar-refractivity contribution in [2.45, 2.75) is 6.54 Å². The van der Waals surface area contributed by atoms with Crippen LogP contribution in [-0.4, -0.2) is 55.9 Å². The summed E-state index contributed by atoms with van der Waals surface area (Å²) >= 11 is 0. The summed E-state index contributed by atoms with van der Waals surface area (Å²) in [4.78, 5) is 21.2. The van der Waals surface area contributed by atoms with E-state index < -0.39 is 0 Å². The van der Waals surface area contributed by atoms with Crippen molar-refractivity contribution in [2.24, 2.45) is 0 Å². The highest BCUT2D eigenvalue weighted by Crippen LogP contribution is 2.34. The Morgan fingerprint density at radius 2 is 1.93 bits per heavy atom. The fourth-order valence-electron chi connectivity index (χ4n) is 3.08. The molecular formula is C19H23N5O3. The van der Waals surface area contributed by atoms with Gasteiger partial charge in [-0.3, -0.25) is 0 Å². The minimum atomic E-state index is -0.281. The number of benzene rings is 1. The predicted molar refractivity (Wildman–Crippen MR) is 102 cm³/mol. The number of urea groups is 1. The number of carbonyl (C=O) groups excluding carboxylic acids is 1. The first-order chi connectivity index (χ1) is 13.2. The lowest BCUT2D eigenvalue weighted by molar-refractivity contribution is 0.174. The number of ether oxygens (including phenoxy) is 2. The van der Waals surface area contributed by atoms with Gasteiger partial charge in [0.2, 0.25) is 6.79 Å². The first kappa shape index (κ1) is 17.4. The van der Waals surface area contributed by atoms with Crippen LogP contribution in [0.2, 0.25) is 0 Å².